The molecule has 0 amide bonds. The Morgan fingerprint density at radius 1 is 1.13 bits per heavy atom. The van der Waals surface area contributed by atoms with E-state index < -0.39 is 23.2 Å². The molecule has 2 aliphatic heterocycles. The summed E-state index contributed by atoms with van der Waals surface area (Å²) in [6.07, 6.45) is 3.78. The lowest BCUT2D eigenvalue weighted by Crippen LogP contribution is -2.66. The Balaban J connectivity index is 1.66. The van der Waals surface area contributed by atoms with Crippen molar-refractivity contribution in [3.05, 3.63) is 23.3 Å². The predicted molar refractivity (Wildman–Crippen MR) is 109 cm³/mol. The number of esters is 3. The second kappa shape index (κ2) is 6.21. The lowest BCUT2D eigenvalue weighted by atomic mass is 9.44. The van der Waals surface area contributed by atoms with Gasteiger partial charge in [0.1, 0.15) is 30.0 Å². The molecule has 0 radical (unpaired) electrons. The van der Waals surface area contributed by atoms with Crippen molar-refractivity contribution in [2.24, 2.45) is 22.7 Å². The molecule has 0 aromatic rings. The monoisotopic (exact) mass is 430 g/mol. The van der Waals surface area contributed by atoms with Crippen LogP contribution in [0.25, 0.3) is 0 Å². The summed E-state index contributed by atoms with van der Waals surface area (Å²) >= 11 is 0. The van der Waals surface area contributed by atoms with E-state index in [1.54, 1.807) is 6.92 Å². The van der Waals surface area contributed by atoms with Crippen LogP contribution in [0, 0.1) is 22.7 Å². The number of epoxide rings is 1. The largest absolute Gasteiger partial charge is 0.462 e. The molecule has 2 saturated carbocycles. The van der Waals surface area contributed by atoms with Gasteiger partial charge in [0.2, 0.25) is 0 Å². The van der Waals surface area contributed by atoms with Crippen LogP contribution in [0.5, 0.6) is 0 Å². The van der Waals surface area contributed by atoms with Gasteiger partial charge in [0, 0.05) is 48.7 Å². The Morgan fingerprint density at radius 3 is 2.45 bits per heavy atom. The molecule has 8 atom stereocenters. The van der Waals surface area contributed by atoms with Gasteiger partial charge in [-0.2, -0.15) is 0 Å². The zero-order valence-corrected chi connectivity index (χ0v) is 18.9. The maximum absolute atomic E-state index is 12.3. The first-order chi connectivity index (χ1) is 14.4. The minimum Gasteiger partial charge on any atom is -0.462 e. The minimum atomic E-state index is -0.564. The van der Waals surface area contributed by atoms with Crippen molar-refractivity contribution in [2.45, 2.75) is 84.4 Å². The van der Waals surface area contributed by atoms with Crippen molar-refractivity contribution in [3.63, 3.8) is 0 Å². The quantitative estimate of drug-likeness (QED) is 0.288. The molecule has 2 heterocycles. The third kappa shape index (κ3) is 2.65. The van der Waals surface area contributed by atoms with Crippen LogP contribution >= 0.6 is 0 Å². The van der Waals surface area contributed by atoms with E-state index in [4.69, 9.17) is 18.9 Å². The Hall–Kier alpha value is -2.15. The fraction of sp³-hybridized carbons (Fsp3) is 0.708. The van der Waals surface area contributed by atoms with Gasteiger partial charge in [-0.15, -0.1) is 0 Å². The molecule has 5 rings (SSSR count). The second-order valence-corrected chi connectivity index (χ2v) is 10.6. The normalized spacial score (nSPS) is 46.2. The predicted octanol–water partition coefficient (Wildman–Crippen LogP) is 2.87. The van der Waals surface area contributed by atoms with Gasteiger partial charge in [0.15, 0.2) is 0 Å². The van der Waals surface area contributed by atoms with Crippen LogP contribution in [0.3, 0.4) is 0 Å². The lowest BCUT2D eigenvalue weighted by molar-refractivity contribution is -0.209. The van der Waals surface area contributed by atoms with E-state index in [2.05, 4.69) is 26.8 Å². The van der Waals surface area contributed by atoms with Gasteiger partial charge >= 0.3 is 17.9 Å². The lowest BCUT2D eigenvalue weighted by Gasteiger charge is -2.62. The van der Waals surface area contributed by atoms with Crippen LogP contribution in [-0.2, 0) is 33.3 Å². The number of allylic oxidation sites excluding steroid dienone is 1. The standard InChI is InChI=1S/C24H30O7/c1-11-18-14(30-21(11)27)9-16-23(6)17(29-13(3)26)7-8-22(4,5)19(23)15(28-12(2)25)10-24(16)20(18)31-24/h7-8,14-17,19-20H,9-10H2,1-6H3. The zero-order chi connectivity index (χ0) is 22.5. The molecule has 1 spiro atoms. The number of carbonyl (C=O) groups is 3. The highest BCUT2D eigenvalue weighted by atomic mass is 16.6. The molecule has 0 bridgehead atoms. The summed E-state index contributed by atoms with van der Waals surface area (Å²) in [4.78, 5) is 36.4. The molecule has 0 aromatic heterocycles. The number of rotatable bonds is 2. The van der Waals surface area contributed by atoms with E-state index in [1.165, 1.54) is 13.8 Å². The molecule has 7 heteroatoms. The highest BCUT2D eigenvalue weighted by molar-refractivity contribution is 5.92. The fourth-order valence-electron chi connectivity index (χ4n) is 7.47. The van der Waals surface area contributed by atoms with Crippen LogP contribution in [0.4, 0.5) is 0 Å². The van der Waals surface area contributed by atoms with Crippen LogP contribution in [0.1, 0.15) is 54.4 Å². The molecular weight excluding hydrogens is 400 g/mol. The molecule has 0 N–H and O–H groups in total. The van der Waals surface area contributed by atoms with Crippen molar-refractivity contribution >= 4 is 17.9 Å². The van der Waals surface area contributed by atoms with Gasteiger partial charge in [0.05, 0.1) is 0 Å². The molecule has 3 fully saturated rings. The Bertz CT molecular complexity index is 946. The number of fused-ring (bicyclic) bond motifs is 4. The van der Waals surface area contributed by atoms with E-state index in [0.717, 1.165) is 5.57 Å². The highest BCUT2D eigenvalue weighted by Crippen LogP contribution is 2.71. The third-order valence-corrected chi connectivity index (χ3v) is 8.42. The number of hydrogen-bond acceptors (Lipinski definition) is 7. The molecule has 1 saturated heterocycles. The summed E-state index contributed by atoms with van der Waals surface area (Å²) < 4.78 is 23.8. The van der Waals surface area contributed by atoms with Gasteiger partial charge in [-0.05, 0) is 24.8 Å². The van der Waals surface area contributed by atoms with E-state index in [-0.39, 0.29) is 47.4 Å². The maximum atomic E-state index is 12.3. The van der Waals surface area contributed by atoms with E-state index in [0.29, 0.717) is 18.4 Å². The minimum absolute atomic E-state index is 0.0252. The van der Waals surface area contributed by atoms with Crippen molar-refractivity contribution in [2.75, 3.05) is 0 Å². The van der Waals surface area contributed by atoms with Gasteiger partial charge < -0.3 is 18.9 Å². The van der Waals surface area contributed by atoms with Gasteiger partial charge in [0.25, 0.3) is 0 Å². The number of hydrogen-bond donors (Lipinski definition) is 0. The summed E-state index contributed by atoms with van der Waals surface area (Å²) in [5.74, 6) is -1.10. The van der Waals surface area contributed by atoms with E-state index in [1.807, 2.05) is 6.08 Å². The smallest absolute Gasteiger partial charge is 0.334 e. The Morgan fingerprint density at radius 2 is 1.81 bits per heavy atom. The summed E-state index contributed by atoms with van der Waals surface area (Å²) in [7, 11) is 0. The zero-order valence-electron chi connectivity index (χ0n) is 18.9. The average Bonchev–Trinajstić information content (AvgIpc) is 3.27. The SMILES string of the molecule is CC(=O)OC1CC23OC2C2=C(C)C(=O)OC2CC3C2(C)C(OC(C)=O)C=CC(C)(C)C12. The van der Waals surface area contributed by atoms with Crippen molar-refractivity contribution in [1.29, 1.82) is 0 Å². The highest BCUT2D eigenvalue weighted by Gasteiger charge is 2.79. The number of carbonyl (C=O) groups excluding carboxylic acids is 3. The molecular formula is C24H30O7. The molecule has 5 aliphatic rings. The van der Waals surface area contributed by atoms with Crippen LogP contribution in [0.2, 0.25) is 0 Å². The fourth-order valence-corrected chi connectivity index (χ4v) is 7.47. The van der Waals surface area contributed by atoms with Crippen molar-refractivity contribution < 1.29 is 33.3 Å². The summed E-state index contributed by atoms with van der Waals surface area (Å²) in [6, 6.07) is 0. The molecule has 168 valence electrons. The Labute approximate surface area is 182 Å². The molecule has 3 aliphatic carbocycles. The Kier molecular flexibility index (Phi) is 4.16. The summed E-state index contributed by atoms with van der Waals surface area (Å²) in [5.41, 5.74) is 0.148. The van der Waals surface area contributed by atoms with Gasteiger partial charge in [-0.3, -0.25) is 9.59 Å². The van der Waals surface area contributed by atoms with Crippen LogP contribution in [-0.4, -0.2) is 47.9 Å². The first-order valence-corrected chi connectivity index (χ1v) is 11.0. The van der Waals surface area contributed by atoms with Crippen LogP contribution in [0.15, 0.2) is 23.3 Å². The molecule has 31 heavy (non-hydrogen) atoms. The first-order valence-electron chi connectivity index (χ1n) is 11.0. The van der Waals surface area contributed by atoms with Crippen LogP contribution < -0.4 is 0 Å². The molecule has 0 aromatic carbocycles. The first kappa shape index (κ1) is 20.7. The summed E-state index contributed by atoms with van der Waals surface area (Å²) in [5, 5.41) is 0. The summed E-state index contributed by atoms with van der Waals surface area (Å²) in [6.45, 7) is 11.0. The number of ether oxygens (including phenoxy) is 4. The van der Waals surface area contributed by atoms with E-state index >= 15 is 0 Å². The average molecular weight is 430 g/mol. The molecule has 8 unspecified atom stereocenters. The van der Waals surface area contributed by atoms with Gasteiger partial charge in [-0.1, -0.05) is 26.8 Å². The van der Waals surface area contributed by atoms with Crippen molar-refractivity contribution in [1.82, 2.24) is 0 Å². The second-order valence-electron chi connectivity index (χ2n) is 10.6. The van der Waals surface area contributed by atoms with E-state index in [9.17, 15) is 14.4 Å². The van der Waals surface area contributed by atoms with Crippen molar-refractivity contribution in [3.8, 4) is 0 Å². The third-order valence-electron chi connectivity index (χ3n) is 8.42. The maximum Gasteiger partial charge on any atom is 0.334 e. The van der Waals surface area contributed by atoms with Gasteiger partial charge in [-0.25, -0.2) is 4.79 Å². The topological polar surface area (TPSA) is 91.4 Å². The molecule has 7 nitrogen and oxygen atoms in total.